The van der Waals surface area contributed by atoms with Crippen molar-refractivity contribution in [3.8, 4) is 0 Å². The van der Waals surface area contributed by atoms with Gasteiger partial charge in [0.2, 0.25) is 0 Å². The maximum absolute atomic E-state index is 5.87. The van der Waals surface area contributed by atoms with Gasteiger partial charge in [0.25, 0.3) is 0 Å². The standard InChI is InChI=1S/C10H8ClN3/c11-7-2-1-3-8(4-7)13-14-6-12-9-5-10(9)14/h1-4,6,13H,5H2. The van der Waals surface area contributed by atoms with Gasteiger partial charge >= 0.3 is 0 Å². The van der Waals surface area contributed by atoms with Gasteiger partial charge in [0, 0.05) is 11.4 Å². The van der Waals surface area contributed by atoms with E-state index >= 15 is 0 Å². The molecule has 0 saturated carbocycles. The molecule has 1 N–H and O–H groups in total. The maximum Gasteiger partial charge on any atom is 0.115 e. The molecule has 1 aliphatic rings. The SMILES string of the molecule is Clc1cccc(Nn2cnc3c2C3)c1. The zero-order valence-corrected chi connectivity index (χ0v) is 8.12. The summed E-state index contributed by atoms with van der Waals surface area (Å²) in [7, 11) is 0. The Morgan fingerprint density at radius 2 is 2.36 bits per heavy atom. The van der Waals surface area contributed by atoms with Crippen molar-refractivity contribution in [2.75, 3.05) is 5.43 Å². The number of hydrogen-bond donors (Lipinski definition) is 1. The Morgan fingerprint density at radius 1 is 1.43 bits per heavy atom. The van der Waals surface area contributed by atoms with Crippen LogP contribution in [0.2, 0.25) is 5.02 Å². The zero-order chi connectivity index (χ0) is 9.54. The summed E-state index contributed by atoms with van der Waals surface area (Å²) < 4.78 is 1.93. The highest BCUT2D eigenvalue weighted by Gasteiger charge is 2.24. The zero-order valence-electron chi connectivity index (χ0n) is 7.37. The van der Waals surface area contributed by atoms with Gasteiger partial charge in [-0.15, -0.1) is 0 Å². The molecule has 1 aliphatic carbocycles. The number of anilines is 1. The summed E-state index contributed by atoms with van der Waals surface area (Å²) in [5.74, 6) is 0. The normalized spacial score (nSPS) is 12.4. The molecule has 0 aliphatic heterocycles. The Hall–Kier alpha value is -1.48. The van der Waals surface area contributed by atoms with Crippen molar-refractivity contribution in [3.05, 3.63) is 47.0 Å². The highest BCUT2D eigenvalue weighted by atomic mass is 35.5. The van der Waals surface area contributed by atoms with Crippen LogP contribution in [0.25, 0.3) is 0 Å². The molecular formula is C10H8ClN3. The molecule has 2 aromatic rings. The van der Waals surface area contributed by atoms with E-state index in [9.17, 15) is 0 Å². The minimum atomic E-state index is 0.733. The van der Waals surface area contributed by atoms with Gasteiger partial charge in [-0.05, 0) is 18.2 Å². The molecule has 0 bridgehead atoms. The van der Waals surface area contributed by atoms with E-state index in [4.69, 9.17) is 11.6 Å². The lowest BCUT2D eigenvalue weighted by atomic mass is 10.3. The van der Waals surface area contributed by atoms with Gasteiger partial charge in [-0.1, -0.05) is 17.7 Å². The molecule has 0 unspecified atom stereocenters. The van der Waals surface area contributed by atoms with Crippen LogP contribution in [0.5, 0.6) is 0 Å². The first-order valence-electron chi connectivity index (χ1n) is 4.40. The van der Waals surface area contributed by atoms with Crippen molar-refractivity contribution in [1.29, 1.82) is 0 Å². The molecule has 0 saturated heterocycles. The van der Waals surface area contributed by atoms with E-state index in [1.807, 2.05) is 28.9 Å². The topological polar surface area (TPSA) is 29.9 Å². The monoisotopic (exact) mass is 205 g/mol. The maximum atomic E-state index is 5.87. The van der Waals surface area contributed by atoms with Gasteiger partial charge < -0.3 is 0 Å². The average molecular weight is 206 g/mol. The molecule has 1 aromatic heterocycles. The van der Waals surface area contributed by atoms with Crippen LogP contribution < -0.4 is 5.43 Å². The molecule has 4 heteroatoms. The van der Waals surface area contributed by atoms with Gasteiger partial charge in [-0.2, -0.15) is 0 Å². The summed E-state index contributed by atoms with van der Waals surface area (Å²) in [6.07, 6.45) is 2.79. The molecule has 0 fully saturated rings. The van der Waals surface area contributed by atoms with Gasteiger partial charge in [-0.25, -0.2) is 9.66 Å². The smallest absolute Gasteiger partial charge is 0.115 e. The summed E-state index contributed by atoms with van der Waals surface area (Å²) in [6, 6.07) is 7.63. The number of nitrogens with zero attached hydrogens (tertiary/aromatic N) is 2. The Labute approximate surface area is 86.3 Å². The van der Waals surface area contributed by atoms with Crippen molar-refractivity contribution >= 4 is 17.3 Å². The predicted molar refractivity (Wildman–Crippen MR) is 55.5 cm³/mol. The number of rotatable bonds is 2. The van der Waals surface area contributed by atoms with E-state index in [1.165, 1.54) is 11.4 Å². The highest BCUT2D eigenvalue weighted by Crippen LogP contribution is 2.25. The molecule has 0 atom stereocenters. The number of hydrogen-bond acceptors (Lipinski definition) is 2. The third-order valence-corrected chi connectivity index (χ3v) is 2.47. The van der Waals surface area contributed by atoms with Crippen LogP contribution in [0.1, 0.15) is 11.4 Å². The van der Waals surface area contributed by atoms with E-state index in [-0.39, 0.29) is 0 Å². The van der Waals surface area contributed by atoms with Crippen LogP contribution in [0.15, 0.2) is 30.6 Å². The van der Waals surface area contributed by atoms with Gasteiger partial charge in [0.05, 0.1) is 17.1 Å². The summed E-state index contributed by atoms with van der Waals surface area (Å²) in [5.41, 5.74) is 6.63. The Morgan fingerprint density at radius 3 is 3.00 bits per heavy atom. The molecule has 1 heterocycles. The van der Waals surface area contributed by atoms with Crippen LogP contribution in [0, 0.1) is 0 Å². The van der Waals surface area contributed by atoms with Crippen molar-refractivity contribution < 1.29 is 0 Å². The fourth-order valence-corrected chi connectivity index (χ4v) is 1.64. The van der Waals surface area contributed by atoms with E-state index < -0.39 is 0 Å². The number of nitrogens with one attached hydrogen (secondary N) is 1. The lowest BCUT2D eigenvalue weighted by molar-refractivity contribution is 0.911. The molecule has 0 amide bonds. The van der Waals surface area contributed by atoms with Crippen LogP contribution >= 0.6 is 11.6 Å². The molecular weight excluding hydrogens is 198 g/mol. The molecule has 1 aromatic carbocycles. The first-order chi connectivity index (χ1) is 6.83. The number of aromatic nitrogens is 2. The molecule has 0 spiro atoms. The predicted octanol–water partition coefficient (Wildman–Crippen LogP) is 2.32. The van der Waals surface area contributed by atoms with E-state index in [0.29, 0.717) is 0 Å². The Kier molecular flexibility index (Phi) is 1.55. The third-order valence-electron chi connectivity index (χ3n) is 2.24. The number of halogens is 1. The molecule has 0 radical (unpaired) electrons. The van der Waals surface area contributed by atoms with Gasteiger partial charge in [0.15, 0.2) is 0 Å². The van der Waals surface area contributed by atoms with E-state index in [0.717, 1.165) is 17.1 Å². The van der Waals surface area contributed by atoms with Crippen LogP contribution in [-0.4, -0.2) is 9.66 Å². The van der Waals surface area contributed by atoms with Crippen molar-refractivity contribution in [1.82, 2.24) is 9.66 Å². The van der Waals surface area contributed by atoms with Crippen molar-refractivity contribution in [2.45, 2.75) is 6.42 Å². The number of fused-ring (bicyclic) bond motifs is 1. The molecule has 3 rings (SSSR count). The summed E-state index contributed by atoms with van der Waals surface area (Å²) >= 11 is 5.87. The Bertz CT molecular complexity index is 490. The van der Waals surface area contributed by atoms with Crippen molar-refractivity contribution in [3.63, 3.8) is 0 Å². The average Bonchev–Trinajstić information content (AvgIpc) is 2.84. The van der Waals surface area contributed by atoms with E-state index in [1.54, 1.807) is 6.33 Å². The first kappa shape index (κ1) is 7.88. The number of imidazole rings is 1. The summed E-state index contributed by atoms with van der Waals surface area (Å²) in [6.45, 7) is 0. The molecule has 3 nitrogen and oxygen atoms in total. The number of benzene rings is 1. The second-order valence-electron chi connectivity index (χ2n) is 3.31. The summed E-state index contributed by atoms with van der Waals surface area (Å²) in [5, 5.41) is 0.733. The van der Waals surface area contributed by atoms with Crippen LogP contribution in [0.4, 0.5) is 5.69 Å². The molecule has 14 heavy (non-hydrogen) atoms. The largest absolute Gasteiger partial charge is 0.293 e. The second-order valence-corrected chi connectivity index (χ2v) is 3.74. The molecule has 70 valence electrons. The lowest BCUT2D eigenvalue weighted by Gasteiger charge is -2.07. The first-order valence-corrected chi connectivity index (χ1v) is 4.78. The third kappa shape index (κ3) is 1.26. The second kappa shape index (κ2) is 2.75. The van der Waals surface area contributed by atoms with Crippen LogP contribution in [-0.2, 0) is 6.42 Å². The van der Waals surface area contributed by atoms with E-state index in [2.05, 4.69) is 10.4 Å². The Balaban J connectivity index is 1.89. The fourth-order valence-electron chi connectivity index (χ4n) is 1.45. The minimum absolute atomic E-state index is 0.733. The quantitative estimate of drug-likeness (QED) is 0.696. The van der Waals surface area contributed by atoms with Crippen LogP contribution in [0.3, 0.4) is 0 Å². The summed E-state index contributed by atoms with van der Waals surface area (Å²) in [4.78, 5) is 4.20. The van der Waals surface area contributed by atoms with Crippen molar-refractivity contribution in [2.24, 2.45) is 0 Å². The highest BCUT2D eigenvalue weighted by molar-refractivity contribution is 6.30. The van der Waals surface area contributed by atoms with Gasteiger partial charge in [-0.3, -0.25) is 5.43 Å². The minimum Gasteiger partial charge on any atom is -0.293 e. The lowest BCUT2D eigenvalue weighted by Crippen LogP contribution is -2.07. The van der Waals surface area contributed by atoms with Gasteiger partial charge in [0.1, 0.15) is 6.33 Å². The fraction of sp³-hybridized carbons (Fsp3) is 0.100.